The maximum Gasteiger partial charge on any atom is 0.246 e. The molecule has 2 aromatic rings. The second-order valence-electron chi connectivity index (χ2n) is 7.33. The van der Waals surface area contributed by atoms with Crippen molar-refractivity contribution in [3.8, 4) is 0 Å². The Morgan fingerprint density at radius 1 is 1.08 bits per heavy atom. The predicted octanol–water partition coefficient (Wildman–Crippen LogP) is 4.09. The highest BCUT2D eigenvalue weighted by atomic mass is 16.5. The Morgan fingerprint density at radius 3 is 2.38 bits per heavy atom. The Balaban J connectivity index is 1.90. The summed E-state index contributed by atoms with van der Waals surface area (Å²) >= 11 is 0. The van der Waals surface area contributed by atoms with Gasteiger partial charge < -0.3 is 10.1 Å². The molecular weight excluding hydrogens is 324 g/mol. The first-order valence-electron chi connectivity index (χ1n) is 9.26. The Labute approximate surface area is 156 Å². The molecule has 1 heterocycles. The molecule has 0 spiro atoms. The maximum atomic E-state index is 13.3. The van der Waals surface area contributed by atoms with E-state index in [-0.39, 0.29) is 24.2 Å². The minimum atomic E-state index is -0.329. The lowest BCUT2D eigenvalue weighted by Crippen LogP contribution is -2.49. The van der Waals surface area contributed by atoms with Gasteiger partial charge in [-0.05, 0) is 50.5 Å². The van der Waals surface area contributed by atoms with Crippen molar-refractivity contribution in [2.75, 3.05) is 18.4 Å². The van der Waals surface area contributed by atoms with Crippen LogP contribution < -0.4 is 5.32 Å². The van der Waals surface area contributed by atoms with Gasteiger partial charge in [-0.3, -0.25) is 9.69 Å². The highest BCUT2D eigenvalue weighted by Gasteiger charge is 2.33. The monoisotopic (exact) mass is 352 g/mol. The molecule has 1 N–H and O–H groups in total. The fraction of sp³-hybridized carbons (Fsp3) is 0.409. The van der Waals surface area contributed by atoms with Crippen LogP contribution in [0.15, 0.2) is 48.5 Å². The summed E-state index contributed by atoms with van der Waals surface area (Å²) in [4.78, 5) is 15.5. The van der Waals surface area contributed by atoms with Crippen LogP contribution in [0.25, 0.3) is 0 Å². The number of aryl methyl sites for hydroxylation is 2. The summed E-state index contributed by atoms with van der Waals surface area (Å²) in [5, 5.41) is 3.16. The lowest BCUT2D eigenvalue weighted by atomic mass is 10.0. The first-order chi connectivity index (χ1) is 12.4. The third-order valence-corrected chi connectivity index (χ3v) is 4.83. The van der Waals surface area contributed by atoms with E-state index in [1.165, 1.54) is 0 Å². The first kappa shape index (κ1) is 18.6. The van der Waals surface area contributed by atoms with Gasteiger partial charge in [0, 0.05) is 18.8 Å². The van der Waals surface area contributed by atoms with E-state index in [9.17, 15) is 4.79 Å². The molecule has 0 aromatic heterocycles. The number of nitrogens with one attached hydrogen (secondary N) is 1. The van der Waals surface area contributed by atoms with E-state index in [0.29, 0.717) is 0 Å². The van der Waals surface area contributed by atoms with Crippen molar-refractivity contribution in [1.29, 1.82) is 0 Å². The molecule has 0 saturated carbocycles. The molecule has 4 heteroatoms. The minimum Gasteiger partial charge on any atom is -0.373 e. The van der Waals surface area contributed by atoms with Crippen molar-refractivity contribution in [2.45, 2.75) is 45.9 Å². The molecule has 2 aromatic carbocycles. The molecule has 0 radical (unpaired) electrons. The highest BCUT2D eigenvalue weighted by Crippen LogP contribution is 2.27. The first-order valence-corrected chi connectivity index (χ1v) is 9.26. The average molecular weight is 352 g/mol. The number of carbonyl (C=O) groups is 1. The lowest BCUT2D eigenvalue weighted by Gasteiger charge is -2.39. The van der Waals surface area contributed by atoms with E-state index in [2.05, 4.69) is 30.1 Å². The van der Waals surface area contributed by atoms with Crippen LogP contribution in [-0.2, 0) is 9.53 Å². The molecule has 4 nitrogen and oxygen atoms in total. The van der Waals surface area contributed by atoms with Crippen molar-refractivity contribution in [3.63, 3.8) is 0 Å². The van der Waals surface area contributed by atoms with Crippen molar-refractivity contribution >= 4 is 11.6 Å². The summed E-state index contributed by atoms with van der Waals surface area (Å²) in [7, 11) is 0. The Kier molecular flexibility index (Phi) is 5.74. The fourth-order valence-electron chi connectivity index (χ4n) is 3.66. The average Bonchev–Trinajstić information content (AvgIpc) is 2.58. The van der Waals surface area contributed by atoms with E-state index >= 15 is 0 Å². The van der Waals surface area contributed by atoms with Gasteiger partial charge in [-0.1, -0.05) is 42.5 Å². The summed E-state index contributed by atoms with van der Waals surface area (Å²) in [6, 6.07) is 15.8. The van der Waals surface area contributed by atoms with Gasteiger partial charge >= 0.3 is 0 Å². The van der Waals surface area contributed by atoms with Gasteiger partial charge in [0.15, 0.2) is 0 Å². The summed E-state index contributed by atoms with van der Waals surface area (Å²) in [5.74, 6) is 0.00574. The standard InChI is InChI=1S/C22H28N2O2/c1-15-10-11-16(2)20(12-15)23-22(25)21(19-8-6-5-7-9-19)24-13-17(3)26-18(4)14-24/h5-12,17-18,21H,13-14H2,1-4H3,(H,23,25). The van der Waals surface area contributed by atoms with E-state index in [0.717, 1.165) is 35.5 Å². The number of anilines is 1. The minimum absolute atomic E-state index is 0.00574. The largest absolute Gasteiger partial charge is 0.373 e. The predicted molar refractivity (Wildman–Crippen MR) is 105 cm³/mol. The number of morpholine rings is 1. The van der Waals surface area contributed by atoms with Crippen LogP contribution >= 0.6 is 0 Å². The fourth-order valence-corrected chi connectivity index (χ4v) is 3.66. The second kappa shape index (κ2) is 8.02. The third-order valence-electron chi connectivity index (χ3n) is 4.83. The highest BCUT2D eigenvalue weighted by molar-refractivity contribution is 5.96. The van der Waals surface area contributed by atoms with E-state index in [4.69, 9.17) is 4.74 Å². The molecule has 1 saturated heterocycles. The molecule has 0 aliphatic carbocycles. The van der Waals surface area contributed by atoms with Crippen LogP contribution in [-0.4, -0.2) is 36.1 Å². The summed E-state index contributed by atoms with van der Waals surface area (Å²) in [6.45, 7) is 9.66. The van der Waals surface area contributed by atoms with Crippen molar-refractivity contribution in [2.24, 2.45) is 0 Å². The number of benzene rings is 2. The zero-order chi connectivity index (χ0) is 18.7. The van der Waals surface area contributed by atoms with Gasteiger partial charge in [-0.15, -0.1) is 0 Å². The summed E-state index contributed by atoms with van der Waals surface area (Å²) in [5.41, 5.74) is 4.09. The number of hydrogen-bond acceptors (Lipinski definition) is 3. The number of nitrogens with zero attached hydrogens (tertiary/aromatic N) is 1. The normalized spacial score (nSPS) is 22.0. The van der Waals surface area contributed by atoms with Crippen LogP contribution in [0, 0.1) is 13.8 Å². The summed E-state index contributed by atoms with van der Waals surface area (Å²) < 4.78 is 5.86. The lowest BCUT2D eigenvalue weighted by molar-refractivity contribution is -0.128. The molecule has 138 valence electrons. The Hall–Kier alpha value is -2.17. The number of rotatable bonds is 4. The van der Waals surface area contributed by atoms with Gasteiger partial charge in [0.1, 0.15) is 6.04 Å². The Bertz CT molecular complexity index is 750. The Morgan fingerprint density at radius 2 is 1.73 bits per heavy atom. The molecule has 1 fully saturated rings. The number of hydrogen-bond donors (Lipinski definition) is 1. The maximum absolute atomic E-state index is 13.3. The van der Waals surface area contributed by atoms with Crippen LogP contribution in [0.4, 0.5) is 5.69 Å². The third kappa shape index (κ3) is 4.32. The molecule has 1 aliphatic rings. The molecule has 3 atom stereocenters. The zero-order valence-corrected chi connectivity index (χ0v) is 16.0. The topological polar surface area (TPSA) is 41.6 Å². The number of amides is 1. The molecule has 1 amide bonds. The van der Waals surface area contributed by atoms with Gasteiger partial charge in [0.2, 0.25) is 5.91 Å². The van der Waals surface area contributed by atoms with Crippen LogP contribution in [0.2, 0.25) is 0 Å². The van der Waals surface area contributed by atoms with Crippen molar-refractivity contribution < 1.29 is 9.53 Å². The number of ether oxygens (including phenoxy) is 1. The molecule has 26 heavy (non-hydrogen) atoms. The smallest absolute Gasteiger partial charge is 0.246 e. The SMILES string of the molecule is Cc1ccc(C)c(NC(=O)C(c2ccccc2)N2CC(C)OC(C)C2)c1. The van der Waals surface area contributed by atoms with Crippen molar-refractivity contribution in [3.05, 3.63) is 65.2 Å². The van der Waals surface area contributed by atoms with E-state index in [1.807, 2.05) is 56.3 Å². The second-order valence-corrected chi connectivity index (χ2v) is 7.33. The molecule has 3 rings (SSSR count). The molecule has 3 unspecified atom stereocenters. The van der Waals surface area contributed by atoms with Crippen LogP contribution in [0.5, 0.6) is 0 Å². The van der Waals surface area contributed by atoms with Crippen molar-refractivity contribution in [1.82, 2.24) is 4.90 Å². The van der Waals surface area contributed by atoms with E-state index in [1.54, 1.807) is 0 Å². The molecule has 1 aliphatic heterocycles. The van der Waals surface area contributed by atoms with Gasteiger partial charge in [-0.2, -0.15) is 0 Å². The quantitative estimate of drug-likeness (QED) is 0.901. The number of carbonyl (C=O) groups excluding carboxylic acids is 1. The van der Waals surface area contributed by atoms with Gasteiger partial charge in [-0.25, -0.2) is 0 Å². The van der Waals surface area contributed by atoms with Crippen LogP contribution in [0.3, 0.4) is 0 Å². The zero-order valence-electron chi connectivity index (χ0n) is 16.0. The summed E-state index contributed by atoms with van der Waals surface area (Å²) in [6.07, 6.45) is 0.219. The molecular formula is C22H28N2O2. The van der Waals surface area contributed by atoms with Gasteiger partial charge in [0.05, 0.1) is 12.2 Å². The van der Waals surface area contributed by atoms with Crippen LogP contribution in [0.1, 0.15) is 36.6 Å². The molecule has 0 bridgehead atoms. The van der Waals surface area contributed by atoms with Gasteiger partial charge in [0.25, 0.3) is 0 Å². The van der Waals surface area contributed by atoms with E-state index < -0.39 is 0 Å².